The summed E-state index contributed by atoms with van der Waals surface area (Å²) in [6.45, 7) is 1.01. The maximum absolute atomic E-state index is 5.10. The molecule has 1 saturated heterocycles. The van der Waals surface area contributed by atoms with Gasteiger partial charge in [-0.1, -0.05) is 79.3 Å². The summed E-state index contributed by atoms with van der Waals surface area (Å²) in [5, 5.41) is 0. The Labute approximate surface area is 135 Å². The number of fused-ring (bicyclic) bond motifs is 2. The highest BCUT2D eigenvalue weighted by atomic mass is 28.2. The van der Waals surface area contributed by atoms with Gasteiger partial charge < -0.3 is 4.43 Å². The van der Waals surface area contributed by atoms with Crippen LogP contribution in [0.1, 0.15) is 35.1 Å². The molecular weight excluding hydrogens is 284 g/mol. The smallest absolute Gasteiger partial charge is 0.229 e. The minimum Gasteiger partial charge on any atom is -0.417 e. The van der Waals surface area contributed by atoms with Gasteiger partial charge >= 0.3 is 0 Å². The van der Waals surface area contributed by atoms with Gasteiger partial charge in [-0.3, -0.25) is 0 Å². The molecule has 1 fully saturated rings. The average molecular weight is 304 g/mol. The van der Waals surface area contributed by atoms with Crippen LogP contribution in [0.2, 0.25) is 6.04 Å². The van der Waals surface area contributed by atoms with Crippen molar-refractivity contribution in [1.82, 2.24) is 0 Å². The van der Waals surface area contributed by atoms with Crippen molar-refractivity contribution in [2.24, 2.45) is 0 Å². The predicted octanol–water partition coefficient (Wildman–Crippen LogP) is 5.18. The van der Waals surface area contributed by atoms with Crippen LogP contribution in [0.3, 0.4) is 0 Å². The van der Waals surface area contributed by atoms with Crippen molar-refractivity contribution >= 4 is 34.1 Å². The van der Waals surface area contributed by atoms with Crippen molar-refractivity contribution in [3.63, 3.8) is 0 Å². The van der Waals surface area contributed by atoms with Crippen molar-refractivity contribution in [3.05, 3.63) is 70.8 Å². The van der Waals surface area contributed by atoms with Gasteiger partial charge in [0.2, 0.25) is 9.76 Å². The molecule has 0 unspecified atom stereocenters. The fourth-order valence-electron chi connectivity index (χ4n) is 2.31. The molecule has 0 spiro atoms. The summed E-state index contributed by atoms with van der Waals surface area (Å²) in [6, 6.07) is 18.0. The zero-order valence-corrected chi connectivity index (χ0v) is 13.7. The largest absolute Gasteiger partial charge is 0.417 e. The molecule has 2 aromatic rings. The highest BCUT2D eigenvalue weighted by Gasteiger charge is 2.00. The number of rotatable bonds is 0. The van der Waals surface area contributed by atoms with Gasteiger partial charge in [0.05, 0.1) is 0 Å². The van der Waals surface area contributed by atoms with Gasteiger partial charge in [0.15, 0.2) is 0 Å². The van der Waals surface area contributed by atoms with Crippen LogP contribution in [0.25, 0.3) is 24.3 Å². The van der Waals surface area contributed by atoms with Crippen LogP contribution >= 0.6 is 0 Å². The van der Waals surface area contributed by atoms with Crippen LogP contribution in [0.15, 0.2) is 48.5 Å². The Morgan fingerprint density at radius 3 is 1.23 bits per heavy atom. The van der Waals surface area contributed by atoms with Crippen molar-refractivity contribution in [2.75, 3.05) is 6.61 Å². The lowest BCUT2D eigenvalue weighted by Crippen LogP contribution is -2.06. The van der Waals surface area contributed by atoms with Crippen LogP contribution in [-0.2, 0) is 4.43 Å². The molecular formula is C20H20OSi. The maximum atomic E-state index is 5.10. The first-order valence-corrected chi connectivity index (χ1v) is 8.94. The number of hydrogen-bond acceptors (Lipinski definition) is 1. The third-order valence-corrected chi connectivity index (χ3v) is 4.72. The lowest BCUT2D eigenvalue weighted by Gasteiger charge is -2.06. The molecule has 2 radical (unpaired) electrons. The van der Waals surface area contributed by atoms with Gasteiger partial charge in [0, 0.05) is 6.61 Å². The van der Waals surface area contributed by atoms with E-state index in [0.717, 1.165) is 16.4 Å². The lowest BCUT2D eigenvalue weighted by atomic mass is 9.99. The second-order valence-corrected chi connectivity index (χ2v) is 6.45. The molecule has 2 heteroatoms. The Balaban J connectivity index is 0.0000000996. The fourth-order valence-corrected chi connectivity index (χ4v) is 3.14. The summed E-state index contributed by atoms with van der Waals surface area (Å²) in [6.07, 6.45) is 11.2. The Kier molecular flexibility index (Phi) is 5.41. The van der Waals surface area contributed by atoms with E-state index < -0.39 is 0 Å². The molecule has 0 N–H and O–H groups in total. The summed E-state index contributed by atoms with van der Waals surface area (Å²) in [5.74, 6) is 0. The van der Waals surface area contributed by atoms with Crippen molar-refractivity contribution in [3.8, 4) is 0 Å². The molecule has 0 saturated carbocycles. The molecule has 22 heavy (non-hydrogen) atoms. The summed E-state index contributed by atoms with van der Waals surface area (Å²) in [7, 11) is 0.802. The third kappa shape index (κ3) is 4.06. The minimum atomic E-state index is 0.802. The number of hydrogen-bond donors (Lipinski definition) is 0. The molecule has 1 nitrogen and oxygen atoms in total. The summed E-state index contributed by atoms with van der Waals surface area (Å²) >= 11 is 0. The quantitative estimate of drug-likeness (QED) is 0.407. The van der Waals surface area contributed by atoms with Gasteiger partial charge in [0.25, 0.3) is 0 Å². The Morgan fingerprint density at radius 2 is 1.09 bits per heavy atom. The molecule has 0 atom stereocenters. The molecule has 0 bridgehead atoms. The van der Waals surface area contributed by atoms with Gasteiger partial charge in [-0.05, 0) is 34.7 Å². The first-order valence-electron chi connectivity index (χ1n) is 7.82. The van der Waals surface area contributed by atoms with E-state index in [2.05, 4.69) is 72.8 Å². The third-order valence-electron chi connectivity index (χ3n) is 3.75. The Morgan fingerprint density at radius 1 is 0.636 bits per heavy atom. The summed E-state index contributed by atoms with van der Waals surface area (Å²) in [4.78, 5) is 0. The van der Waals surface area contributed by atoms with E-state index in [1.54, 1.807) is 0 Å². The zero-order chi connectivity index (χ0) is 15.0. The molecule has 3 aliphatic rings. The molecule has 0 aromatic heterocycles. The topological polar surface area (TPSA) is 9.23 Å². The first-order chi connectivity index (χ1) is 10.9. The highest BCUT2D eigenvalue weighted by Crippen LogP contribution is 2.22. The minimum absolute atomic E-state index is 0.802. The van der Waals surface area contributed by atoms with Gasteiger partial charge in [-0.15, -0.1) is 0 Å². The standard InChI is InChI=1S/2C8H6.C4H8OSi/c2*1-2-4-8-6-5-7(8)3-1;1-2-4-6-5-3-1/h2*1-6H;1-4H2. The SMILES string of the molecule is C1=Cc2ccccc21.C1=Cc2ccccc21.C1CC[Si]OC1. The van der Waals surface area contributed by atoms with Crippen LogP contribution in [0, 0.1) is 0 Å². The van der Waals surface area contributed by atoms with E-state index in [0.29, 0.717) is 0 Å². The predicted molar refractivity (Wildman–Crippen MR) is 96.5 cm³/mol. The molecule has 1 heterocycles. The van der Waals surface area contributed by atoms with Crippen LogP contribution < -0.4 is 0 Å². The monoisotopic (exact) mass is 304 g/mol. The van der Waals surface area contributed by atoms with E-state index in [1.165, 1.54) is 41.1 Å². The second-order valence-electron chi connectivity index (χ2n) is 5.37. The van der Waals surface area contributed by atoms with Gasteiger partial charge in [0.1, 0.15) is 0 Å². The molecule has 2 aromatic carbocycles. The normalized spacial score (nSPS) is 15.6. The van der Waals surface area contributed by atoms with E-state index in [1.807, 2.05) is 0 Å². The summed E-state index contributed by atoms with van der Waals surface area (Å²) < 4.78 is 5.10. The van der Waals surface area contributed by atoms with Crippen LogP contribution in [0.5, 0.6) is 0 Å². The van der Waals surface area contributed by atoms with Crippen molar-refractivity contribution < 1.29 is 4.43 Å². The zero-order valence-electron chi connectivity index (χ0n) is 12.7. The Bertz CT molecular complexity index is 554. The van der Waals surface area contributed by atoms with E-state index in [-0.39, 0.29) is 0 Å². The van der Waals surface area contributed by atoms with Gasteiger partial charge in [-0.25, -0.2) is 0 Å². The molecule has 5 rings (SSSR count). The fraction of sp³-hybridized carbons (Fsp3) is 0.200. The maximum Gasteiger partial charge on any atom is 0.229 e. The second kappa shape index (κ2) is 7.92. The van der Waals surface area contributed by atoms with Crippen molar-refractivity contribution in [1.29, 1.82) is 0 Å². The number of benzene rings is 2. The average Bonchev–Trinajstić information content (AvgIpc) is 2.53. The van der Waals surface area contributed by atoms with Gasteiger partial charge in [-0.2, -0.15) is 0 Å². The molecule has 2 aliphatic carbocycles. The van der Waals surface area contributed by atoms with Crippen LogP contribution in [0.4, 0.5) is 0 Å². The van der Waals surface area contributed by atoms with Crippen molar-refractivity contribution in [2.45, 2.75) is 18.9 Å². The summed E-state index contributed by atoms with van der Waals surface area (Å²) in [5.41, 5.74) is 5.47. The van der Waals surface area contributed by atoms with E-state index >= 15 is 0 Å². The van der Waals surface area contributed by atoms with E-state index in [9.17, 15) is 0 Å². The molecule has 0 amide bonds. The van der Waals surface area contributed by atoms with E-state index in [4.69, 9.17) is 4.43 Å². The Hall–Kier alpha value is -1.90. The highest BCUT2D eigenvalue weighted by molar-refractivity contribution is 6.27. The lowest BCUT2D eigenvalue weighted by molar-refractivity contribution is 0.304. The molecule has 110 valence electrons. The first kappa shape index (κ1) is 15.0. The van der Waals surface area contributed by atoms with Crippen LogP contribution in [-0.4, -0.2) is 16.4 Å². The molecule has 1 aliphatic heterocycles.